The smallest absolute Gasteiger partial charge is 0.414 e. The summed E-state index contributed by atoms with van der Waals surface area (Å²) in [7, 11) is 0. The minimum atomic E-state index is -1.82. The maximum atomic E-state index is 9.10. The average Bonchev–Trinajstić information content (AvgIpc) is 3.33. The summed E-state index contributed by atoms with van der Waals surface area (Å²) in [5.74, 6) is -1.96. The molecule has 38 heavy (non-hydrogen) atoms. The zero-order valence-electron chi connectivity index (χ0n) is 21.0. The molecular formula is C28H30N4O6. The van der Waals surface area contributed by atoms with Crippen LogP contribution in [0.4, 0.5) is 0 Å². The van der Waals surface area contributed by atoms with Crippen LogP contribution < -0.4 is 14.8 Å². The Morgan fingerprint density at radius 3 is 2.21 bits per heavy atom. The first-order valence-electron chi connectivity index (χ1n) is 12.0. The zero-order valence-corrected chi connectivity index (χ0v) is 21.0. The van der Waals surface area contributed by atoms with Crippen LogP contribution in [0.5, 0.6) is 11.5 Å². The van der Waals surface area contributed by atoms with Crippen LogP contribution in [0.15, 0.2) is 85.3 Å². The second-order valence-corrected chi connectivity index (χ2v) is 7.97. The van der Waals surface area contributed by atoms with E-state index in [2.05, 4.69) is 28.6 Å². The van der Waals surface area contributed by atoms with Gasteiger partial charge in [-0.1, -0.05) is 30.3 Å². The Morgan fingerprint density at radius 2 is 1.61 bits per heavy atom. The first-order chi connectivity index (χ1) is 18.5. The van der Waals surface area contributed by atoms with E-state index in [9.17, 15) is 0 Å². The molecule has 2 heterocycles. The molecule has 0 bridgehead atoms. The molecule has 0 atom stereocenters. The maximum Gasteiger partial charge on any atom is 0.414 e. The number of nitrogens with one attached hydrogen (secondary N) is 1. The first-order valence-corrected chi connectivity index (χ1v) is 12.0. The molecule has 0 aliphatic heterocycles. The SMILES string of the molecule is CCOc1ccc(OCCNCc2cn(Cc3ccccc3)nc2-c2cccnc2)cc1.O=C(O)C(=O)O. The number of ether oxygens (including phenoxy) is 2. The predicted molar refractivity (Wildman–Crippen MR) is 141 cm³/mol. The van der Waals surface area contributed by atoms with Crippen molar-refractivity contribution < 1.29 is 29.3 Å². The Bertz CT molecular complexity index is 1270. The van der Waals surface area contributed by atoms with Crippen LogP contribution in [0.1, 0.15) is 18.1 Å². The summed E-state index contributed by atoms with van der Waals surface area (Å²) in [4.78, 5) is 22.5. The van der Waals surface area contributed by atoms with Crippen molar-refractivity contribution in [3.05, 3.63) is 96.4 Å². The molecule has 10 nitrogen and oxygen atoms in total. The molecule has 4 aromatic rings. The molecule has 3 N–H and O–H groups in total. The van der Waals surface area contributed by atoms with Gasteiger partial charge in [0.2, 0.25) is 0 Å². The number of carbonyl (C=O) groups is 2. The second-order valence-electron chi connectivity index (χ2n) is 7.97. The molecule has 0 aliphatic carbocycles. The third kappa shape index (κ3) is 9.07. The number of aromatic nitrogens is 3. The first kappa shape index (κ1) is 27.9. The number of aliphatic carboxylic acids is 2. The highest BCUT2D eigenvalue weighted by Crippen LogP contribution is 2.22. The Kier molecular flexibility index (Phi) is 10.8. The summed E-state index contributed by atoms with van der Waals surface area (Å²) in [6.07, 6.45) is 5.74. The van der Waals surface area contributed by atoms with Gasteiger partial charge in [-0.3, -0.25) is 9.67 Å². The van der Waals surface area contributed by atoms with Crippen molar-refractivity contribution in [2.45, 2.75) is 20.0 Å². The molecule has 0 radical (unpaired) electrons. The van der Waals surface area contributed by atoms with E-state index < -0.39 is 11.9 Å². The molecule has 0 amide bonds. The summed E-state index contributed by atoms with van der Waals surface area (Å²) in [6.45, 7) is 5.37. The molecule has 0 unspecified atom stereocenters. The molecule has 2 aromatic carbocycles. The molecular weight excluding hydrogens is 488 g/mol. The van der Waals surface area contributed by atoms with Crippen molar-refractivity contribution in [3.8, 4) is 22.8 Å². The quantitative estimate of drug-likeness (QED) is 0.200. The molecule has 2 aromatic heterocycles. The van der Waals surface area contributed by atoms with Crippen LogP contribution >= 0.6 is 0 Å². The van der Waals surface area contributed by atoms with Crippen molar-refractivity contribution in [1.29, 1.82) is 0 Å². The standard InChI is InChI=1S/C26H28N4O2.C2H2O4/c1-2-31-24-10-12-25(13-11-24)32-16-15-28-18-23-20-30(19-21-7-4-3-5-8-21)29-26(23)22-9-6-14-27-17-22;3-1(4)2(5)6/h3-14,17,20,28H,2,15-16,18-19H2,1H3;(H,3,4)(H,5,6). The van der Waals surface area contributed by atoms with Gasteiger partial charge in [0.05, 0.1) is 18.8 Å². The predicted octanol–water partition coefficient (Wildman–Crippen LogP) is 3.72. The van der Waals surface area contributed by atoms with Crippen molar-refractivity contribution in [2.24, 2.45) is 0 Å². The van der Waals surface area contributed by atoms with Gasteiger partial charge in [0, 0.05) is 42.8 Å². The average molecular weight is 519 g/mol. The highest BCUT2D eigenvalue weighted by atomic mass is 16.5. The fourth-order valence-electron chi connectivity index (χ4n) is 3.45. The lowest BCUT2D eigenvalue weighted by Gasteiger charge is -2.09. The monoisotopic (exact) mass is 518 g/mol. The lowest BCUT2D eigenvalue weighted by molar-refractivity contribution is -0.159. The molecule has 0 saturated carbocycles. The molecule has 10 heteroatoms. The minimum absolute atomic E-state index is 0.578. The Balaban J connectivity index is 0.000000599. The maximum absolute atomic E-state index is 9.10. The summed E-state index contributed by atoms with van der Waals surface area (Å²) in [5, 5.41) is 23.1. The van der Waals surface area contributed by atoms with E-state index in [4.69, 9.17) is 34.4 Å². The Hall–Kier alpha value is -4.70. The van der Waals surface area contributed by atoms with Crippen molar-refractivity contribution in [3.63, 3.8) is 0 Å². The lowest BCUT2D eigenvalue weighted by atomic mass is 10.1. The normalized spacial score (nSPS) is 10.2. The van der Waals surface area contributed by atoms with E-state index in [-0.39, 0.29) is 0 Å². The molecule has 4 rings (SSSR count). The fourth-order valence-corrected chi connectivity index (χ4v) is 3.45. The summed E-state index contributed by atoms with van der Waals surface area (Å²) >= 11 is 0. The highest BCUT2D eigenvalue weighted by molar-refractivity contribution is 6.27. The number of benzene rings is 2. The third-order valence-electron chi connectivity index (χ3n) is 5.14. The van der Waals surface area contributed by atoms with Crippen LogP contribution in [0.2, 0.25) is 0 Å². The number of nitrogens with zero attached hydrogens (tertiary/aromatic N) is 3. The van der Waals surface area contributed by atoms with Crippen LogP contribution in [-0.4, -0.2) is 56.7 Å². The zero-order chi connectivity index (χ0) is 27.2. The number of hydrogen-bond acceptors (Lipinski definition) is 7. The highest BCUT2D eigenvalue weighted by Gasteiger charge is 2.12. The minimum Gasteiger partial charge on any atom is -0.494 e. The van der Waals surface area contributed by atoms with Gasteiger partial charge in [-0.05, 0) is 48.9 Å². The van der Waals surface area contributed by atoms with Gasteiger partial charge in [0.1, 0.15) is 18.1 Å². The number of rotatable bonds is 11. The largest absolute Gasteiger partial charge is 0.494 e. The molecule has 0 aliphatic rings. The van der Waals surface area contributed by atoms with Gasteiger partial charge in [0.25, 0.3) is 0 Å². The lowest BCUT2D eigenvalue weighted by Crippen LogP contribution is -2.20. The summed E-state index contributed by atoms with van der Waals surface area (Å²) in [5.41, 5.74) is 4.32. The molecule has 0 saturated heterocycles. The van der Waals surface area contributed by atoms with Gasteiger partial charge in [-0.25, -0.2) is 9.59 Å². The summed E-state index contributed by atoms with van der Waals surface area (Å²) < 4.78 is 13.3. The van der Waals surface area contributed by atoms with Crippen LogP contribution in [0.3, 0.4) is 0 Å². The van der Waals surface area contributed by atoms with E-state index in [1.165, 1.54) is 5.56 Å². The van der Waals surface area contributed by atoms with E-state index in [1.54, 1.807) is 6.20 Å². The van der Waals surface area contributed by atoms with Crippen molar-refractivity contribution in [2.75, 3.05) is 19.8 Å². The van der Waals surface area contributed by atoms with E-state index in [1.807, 2.05) is 72.4 Å². The Labute approximate surface area is 220 Å². The molecule has 0 fully saturated rings. The van der Waals surface area contributed by atoms with Crippen molar-refractivity contribution in [1.82, 2.24) is 20.1 Å². The summed E-state index contributed by atoms with van der Waals surface area (Å²) in [6, 6.07) is 22.0. The van der Waals surface area contributed by atoms with Gasteiger partial charge in [-0.2, -0.15) is 5.10 Å². The van der Waals surface area contributed by atoms with E-state index in [0.29, 0.717) is 19.8 Å². The van der Waals surface area contributed by atoms with E-state index in [0.717, 1.165) is 41.4 Å². The number of pyridine rings is 1. The van der Waals surface area contributed by atoms with Crippen LogP contribution in [0.25, 0.3) is 11.3 Å². The third-order valence-corrected chi connectivity index (χ3v) is 5.14. The van der Waals surface area contributed by atoms with Crippen LogP contribution in [-0.2, 0) is 22.7 Å². The number of carboxylic acid groups (broad SMARTS) is 2. The second kappa shape index (κ2) is 14.8. The Morgan fingerprint density at radius 1 is 0.921 bits per heavy atom. The molecule has 0 spiro atoms. The van der Waals surface area contributed by atoms with Gasteiger partial charge >= 0.3 is 11.9 Å². The fraction of sp³-hybridized carbons (Fsp3) is 0.214. The van der Waals surface area contributed by atoms with Crippen molar-refractivity contribution >= 4 is 11.9 Å². The topological polar surface area (TPSA) is 136 Å². The van der Waals surface area contributed by atoms with Crippen LogP contribution in [0, 0.1) is 0 Å². The number of carboxylic acids is 2. The van der Waals surface area contributed by atoms with Gasteiger partial charge < -0.3 is 25.0 Å². The van der Waals surface area contributed by atoms with E-state index >= 15 is 0 Å². The number of hydrogen-bond donors (Lipinski definition) is 3. The molecule has 198 valence electrons. The van der Waals surface area contributed by atoms with Gasteiger partial charge in [0.15, 0.2) is 0 Å². The van der Waals surface area contributed by atoms with Gasteiger partial charge in [-0.15, -0.1) is 0 Å².